The molecule has 15 heavy (non-hydrogen) atoms. The van der Waals surface area contributed by atoms with E-state index in [2.05, 4.69) is 6.07 Å². The third-order valence-electron chi connectivity index (χ3n) is 2.34. The fraction of sp³-hybridized carbons (Fsp3) is 0.400. The topological polar surface area (TPSA) is 34.1 Å². The van der Waals surface area contributed by atoms with Crippen LogP contribution in [0.3, 0.4) is 0 Å². The first-order valence-corrected chi connectivity index (χ1v) is 8.18. The molecule has 2 nitrogen and oxygen atoms in total. The van der Waals surface area contributed by atoms with Crippen LogP contribution in [0, 0.1) is 0 Å². The van der Waals surface area contributed by atoms with Crippen LogP contribution in [0.25, 0.3) is 0 Å². The summed E-state index contributed by atoms with van der Waals surface area (Å²) in [7, 11) is 1.82. The number of benzene rings is 1. The summed E-state index contributed by atoms with van der Waals surface area (Å²) in [5.41, 5.74) is 2.09. The highest BCUT2D eigenvalue weighted by molar-refractivity contribution is 8.13. The van der Waals surface area contributed by atoms with Crippen molar-refractivity contribution < 1.29 is 8.42 Å². The van der Waals surface area contributed by atoms with Crippen LogP contribution in [0.1, 0.15) is 17.5 Å². The van der Waals surface area contributed by atoms with E-state index in [1.807, 2.05) is 12.1 Å². The van der Waals surface area contributed by atoms with E-state index in [1.165, 1.54) is 5.56 Å². The first kappa shape index (κ1) is 11.3. The summed E-state index contributed by atoms with van der Waals surface area (Å²) in [5, 5.41) is 0. The lowest BCUT2D eigenvalue weighted by atomic mass is 10.1. The van der Waals surface area contributed by atoms with E-state index >= 15 is 0 Å². The highest BCUT2D eigenvalue weighted by atomic mass is 35.7. The number of hydrogen-bond acceptors (Lipinski definition) is 3. The van der Waals surface area contributed by atoms with Gasteiger partial charge in [-0.05, 0) is 29.7 Å². The van der Waals surface area contributed by atoms with Gasteiger partial charge in [0.1, 0.15) is 0 Å². The molecule has 0 saturated heterocycles. The summed E-state index contributed by atoms with van der Waals surface area (Å²) < 4.78 is 22.1. The van der Waals surface area contributed by atoms with Crippen molar-refractivity contribution in [1.29, 1.82) is 0 Å². The van der Waals surface area contributed by atoms with Crippen LogP contribution in [-0.4, -0.2) is 14.2 Å². The van der Waals surface area contributed by atoms with Crippen molar-refractivity contribution in [2.75, 3.05) is 5.75 Å². The van der Waals surface area contributed by atoms with Crippen LogP contribution in [0.4, 0.5) is 0 Å². The van der Waals surface area contributed by atoms with E-state index < -0.39 is 9.05 Å². The molecule has 0 bridgehead atoms. The predicted molar refractivity (Wildman–Crippen MR) is 64.0 cm³/mol. The molecule has 0 unspecified atom stereocenters. The lowest BCUT2D eigenvalue weighted by Gasteiger charge is -2.17. The summed E-state index contributed by atoms with van der Waals surface area (Å²) in [4.78, 5) is 1.12. The standard InChI is InChI=1S/C10H11ClO2S2/c11-15(12,13)7-9-4-1-3-8-5-2-6-14-10(8)9/h1,3-4H,2,5-7H2. The molecule has 0 aliphatic carbocycles. The van der Waals surface area contributed by atoms with Crippen LogP contribution in [0.2, 0.25) is 0 Å². The SMILES string of the molecule is O=S(=O)(Cl)Cc1cccc2c1SCCC2. The zero-order valence-corrected chi connectivity index (χ0v) is 10.5. The maximum absolute atomic E-state index is 11.0. The van der Waals surface area contributed by atoms with Gasteiger partial charge >= 0.3 is 0 Å². The maximum atomic E-state index is 11.0. The van der Waals surface area contributed by atoms with E-state index in [4.69, 9.17) is 10.7 Å². The summed E-state index contributed by atoms with van der Waals surface area (Å²) in [5.74, 6) is 0.997. The second-order valence-corrected chi connectivity index (χ2v) is 7.42. The summed E-state index contributed by atoms with van der Waals surface area (Å²) in [6, 6.07) is 5.81. The predicted octanol–water partition coefficient (Wildman–Crippen LogP) is 2.79. The molecule has 2 rings (SSSR count). The lowest BCUT2D eigenvalue weighted by Crippen LogP contribution is -2.04. The molecular weight excluding hydrogens is 252 g/mol. The molecule has 0 N–H and O–H groups in total. The second-order valence-electron chi connectivity index (χ2n) is 3.54. The number of aryl methyl sites for hydroxylation is 1. The zero-order valence-electron chi connectivity index (χ0n) is 8.07. The molecule has 1 aromatic rings. The van der Waals surface area contributed by atoms with Gasteiger partial charge in [-0.1, -0.05) is 18.2 Å². The highest BCUT2D eigenvalue weighted by Crippen LogP contribution is 2.34. The van der Waals surface area contributed by atoms with Gasteiger partial charge in [-0.2, -0.15) is 0 Å². The van der Waals surface area contributed by atoms with Crippen LogP contribution in [-0.2, 0) is 21.2 Å². The number of fused-ring (bicyclic) bond motifs is 1. The van der Waals surface area contributed by atoms with Crippen LogP contribution < -0.4 is 0 Å². The average Bonchev–Trinajstić information content (AvgIpc) is 2.16. The molecule has 1 aliphatic rings. The minimum absolute atomic E-state index is 0.0648. The third kappa shape index (κ3) is 2.89. The van der Waals surface area contributed by atoms with Gasteiger partial charge in [0.2, 0.25) is 9.05 Å². The quantitative estimate of drug-likeness (QED) is 0.769. The van der Waals surface area contributed by atoms with Crippen molar-refractivity contribution in [2.24, 2.45) is 0 Å². The Morgan fingerprint density at radius 2 is 2.20 bits per heavy atom. The Bertz CT molecular complexity index is 468. The smallest absolute Gasteiger partial charge is 0.212 e. The number of hydrogen-bond donors (Lipinski definition) is 0. The molecule has 1 aliphatic heterocycles. The Hall–Kier alpha value is -0.190. The first-order valence-electron chi connectivity index (χ1n) is 4.72. The van der Waals surface area contributed by atoms with Crippen molar-refractivity contribution in [2.45, 2.75) is 23.5 Å². The molecule has 0 saturated carbocycles. The molecular formula is C10H11ClO2S2. The summed E-state index contributed by atoms with van der Waals surface area (Å²) in [6.45, 7) is 0. The summed E-state index contributed by atoms with van der Waals surface area (Å²) in [6.07, 6.45) is 2.20. The van der Waals surface area contributed by atoms with Gasteiger partial charge < -0.3 is 0 Å². The normalized spacial score (nSPS) is 16.1. The number of halogens is 1. The van der Waals surface area contributed by atoms with Crippen LogP contribution in [0.15, 0.2) is 23.1 Å². The molecule has 0 fully saturated rings. The Labute approximate surface area is 98.4 Å². The molecule has 5 heteroatoms. The lowest BCUT2D eigenvalue weighted by molar-refractivity contribution is 0.608. The minimum Gasteiger partial charge on any atom is -0.212 e. The van der Waals surface area contributed by atoms with E-state index in [-0.39, 0.29) is 5.75 Å². The Balaban J connectivity index is 2.39. The van der Waals surface area contributed by atoms with Gasteiger partial charge in [0.15, 0.2) is 0 Å². The first-order chi connectivity index (χ1) is 7.06. The van der Waals surface area contributed by atoms with E-state index in [0.29, 0.717) is 0 Å². The van der Waals surface area contributed by atoms with Crippen LogP contribution >= 0.6 is 22.4 Å². The van der Waals surface area contributed by atoms with Gasteiger partial charge in [-0.3, -0.25) is 0 Å². The van der Waals surface area contributed by atoms with E-state index in [9.17, 15) is 8.42 Å². The van der Waals surface area contributed by atoms with Crippen molar-refractivity contribution in [3.05, 3.63) is 29.3 Å². The molecule has 0 spiro atoms. The van der Waals surface area contributed by atoms with Crippen molar-refractivity contribution in [1.82, 2.24) is 0 Å². The van der Waals surface area contributed by atoms with Crippen molar-refractivity contribution in [3.63, 3.8) is 0 Å². The largest absolute Gasteiger partial charge is 0.236 e. The molecule has 1 heterocycles. The molecule has 0 radical (unpaired) electrons. The van der Waals surface area contributed by atoms with Gasteiger partial charge in [-0.15, -0.1) is 11.8 Å². The molecule has 1 aromatic carbocycles. The zero-order chi connectivity index (χ0) is 10.9. The van der Waals surface area contributed by atoms with Gasteiger partial charge in [-0.25, -0.2) is 8.42 Å². The monoisotopic (exact) mass is 262 g/mol. The number of thioether (sulfide) groups is 1. The third-order valence-corrected chi connectivity index (χ3v) is 4.63. The van der Waals surface area contributed by atoms with Gasteiger partial charge in [0.05, 0.1) is 5.75 Å². The van der Waals surface area contributed by atoms with Gasteiger partial charge in [0.25, 0.3) is 0 Å². The highest BCUT2D eigenvalue weighted by Gasteiger charge is 2.16. The Morgan fingerprint density at radius 1 is 1.40 bits per heavy atom. The van der Waals surface area contributed by atoms with E-state index in [1.54, 1.807) is 11.8 Å². The second kappa shape index (κ2) is 4.36. The Morgan fingerprint density at radius 3 is 2.93 bits per heavy atom. The van der Waals surface area contributed by atoms with Crippen LogP contribution in [0.5, 0.6) is 0 Å². The van der Waals surface area contributed by atoms with Gasteiger partial charge in [0, 0.05) is 15.6 Å². The fourth-order valence-electron chi connectivity index (χ4n) is 1.76. The maximum Gasteiger partial charge on any atom is 0.236 e. The van der Waals surface area contributed by atoms with Crippen molar-refractivity contribution >= 4 is 31.5 Å². The number of rotatable bonds is 2. The molecule has 0 atom stereocenters. The Kier molecular flexibility index (Phi) is 3.28. The summed E-state index contributed by atoms with van der Waals surface area (Å²) >= 11 is 1.73. The van der Waals surface area contributed by atoms with Crippen molar-refractivity contribution in [3.8, 4) is 0 Å². The molecule has 0 amide bonds. The minimum atomic E-state index is -3.45. The fourth-order valence-corrected chi connectivity index (χ4v) is 3.99. The van der Waals surface area contributed by atoms with E-state index in [0.717, 1.165) is 29.1 Å². The average molecular weight is 263 g/mol. The molecule has 0 aromatic heterocycles. The molecule has 82 valence electrons.